The van der Waals surface area contributed by atoms with Gasteiger partial charge in [-0.15, -0.1) is 24.0 Å². The van der Waals surface area contributed by atoms with Gasteiger partial charge in [0.2, 0.25) is 5.91 Å². The molecule has 3 rings (SSSR count). The zero-order chi connectivity index (χ0) is 17.5. The monoisotopic (exact) mass is 471 g/mol. The number of nitrogens with one attached hydrogen (secondary N) is 2. The maximum Gasteiger partial charge on any atom is 0.229 e. The fourth-order valence-corrected chi connectivity index (χ4v) is 3.57. The predicted molar refractivity (Wildman–Crippen MR) is 117 cm³/mol. The van der Waals surface area contributed by atoms with Gasteiger partial charge in [-0.1, -0.05) is 18.2 Å². The first kappa shape index (κ1) is 21.0. The molecule has 0 bridgehead atoms. The van der Waals surface area contributed by atoms with Crippen LogP contribution >= 0.6 is 24.0 Å². The van der Waals surface area contributed by atoms with E-state index in [-0.39, 0.29) is 35.9 Å². The summed E-state index contributed by atoms with van der Waals surface area (Å²) in [4.78, 5) is 20.9. The van der Waals surface area contributed by atoms with Crippen LogP contribution in [0.3, 0.4) is 0 Å². The summed E-state index contributed by atoms with van der Waals surface area (Å²) in [7, 11) is 1.78. The average molecular weight is 471 g/mol. The number of halogens is 1. The van der Waals surface area contributed by atoms with Crippen LogP contribution in [0.25, 0.3) is 0 Å². The number of hydrogen-bond donors (Lipinski definition) is 2. The van der Waals surface area contributed by atoms with Gasteiger partial charge in [-0.05, 0) is 51.0 Å². The maximum atomic E-state index is 12.3. The number of para-hydroxylation sites is 1. The Hall–Kier alpha value is -1.35. The highest BCUT2D eigenvalue weighted by molar-refractivity contribution is 14.0. The molecular weight excluding hydrogens is 441 g/mol. The summed E-state index contributed by atoms with van der Waals surface area (Å²) in [5.74, 6) is 0.947. The minimum atomic E-state index is 0. The molecule has 2 fully saturated rings. The lowest BCUT2D eigenvalue weighted by Gasteiger charge is -2.19. The van der Waals surface area contributed by atoms with Gasteiger partial charge in [-0.2, -0.15) is 0 Å². The third-order valence-corrected chi connectivity index (χ3v) is 4.90. The molecule has 0 spiro atoms. The van der Waals surface area contributed by atoms with E-state index < -0.39 is 0 Å². The Labute approximate surface area is 173 Å². The molecule has 1 atom stereocenters. The fourth-order valence-electron chi connectivity index (χ4n) is 3.57. The van der Waals surface area contributed by atoms with Crippen LogP contribution in [0.4, 0.5) is 5.69 Å². The summed E-state index contributed by atoms with van der Waals surface area (Å²) in [6.45, 7) is 5.21. The average Bonchev–Trinajstić information content (AvgIpc) is 3.28. The fraction of sp³-hybridized carbons (Fsp3) is 0.579. The van der Waals surface area contributed by atoms with Crippen molar-refractivity contribution in [2.75, 3.05) is 44.7 Å². The number of aliphatic imine (C=N–C) groups is 1. The van der Waals surface area contributed by atoms with Crippen LogP contribution in [0, 0.1) is 0 Å². The minimum absolute atomic E-state index is 0. The Morgan fingerprint density at radius 2 is 1.96 bits per heavy atom. The summed E-state index contributed by atoms with van der Waals surface area (Å²) < 4.78 is 0. The van der Waals surface area contributed by atoms with Gasteiger partial charge < -0.3 is 20.4 Å². The lowest BCUT2D eigenvalue weighted by Crippen LogP contribution is -2.45. The van der Waals surface area contributed by atoms with E-state index in [1.54, 1.807) is 7.05 Å². The highest BCUT2D eigenvalue weighted by Gasteiger charge is 2.30. The number of rotatable bonds is 6. The zero-order valence-corrected chi connectivity index (χ0v) is 17.8. The first-order chi connectivity index (χ1) is 12.3. The third-order valence-electron chi connectivity index (χ3n) is 4.90. The normalized spacial score (nSPS) is 21.0. The molecule has 1 unspecified atom stereocenters. The molecule has 6 nitrogen and oxygen atoms in total. The maximum absolute atomic E-state index is 12.3. The second kappa shape index (κ2) is 10.7. The predicted octanol–water partition coefficient (Wildman–Crippen LogP) is 2.06. The van der Waals surface area contributed by atoms with Crippen molar-refractivity contribution in [3.05, 3.63) is 30.3 Å². The molecule has 2 saturated heterocycles. The minimum Gasteiger partial charge on any atom is -0.356 e. The van der Waals surface area contributed by atoms with Gasteiger partial charge in [0, 0.05) is 32.2 Å². The molecule has 7 heteroatoms. The van der Waals surface area contributed by atoms with Gasteiger partial charge >= 0.3 is 0 Å². The molecule has 0 saturated carbocycles. The number of carbonyl (C=O) groups excluding carboxylic acids is 1. The van der Waals surface area contributed by atoms with Crippen molar-refractivity contribution in [1.82, 2.24) is 15.5 Å². The Morgan fingerprint density at radius 3 is 2.65 bits per heavy atom. The molecular formula is C19H30IN5O. The Kier molecular flexibility index (Phi) is 8.64. The van der Waals surface area contributed by atoms with E-state index in [9.17, 15) is 4.79 Å². The molecule has 1 amide bonds. The molecule has 2 aliphatic heterocycles. The number of anilines is 1. The SMILES string of the molecule is CN=C(NCCCN1CCCC1)NC1CC(=O)N(c2ccccc2)C1.I. The van der Waals surface area contributed by atoms with E-state index in [1.807, 2.05) is 35.2 Å². The quantitative estimate of drug-likeness (QED) is 0.289. The molecule has 2 heterocycles. The van der Waals surface area contributed by atoms with Crippen molar-refractivity contribution in [3.63, 3.8) is 0 Å². The number of guanidine groups is 1. The number of amides is 1. The summed E-state index contributed by atoms with van der Waals surface area (Å²) >= 11 is 0. The lowest BCUT2D eigenvalue weighted by atomic mass is 10.2. The van der Waals surface area contributed by atoms with E-state index in [0.29, 0.717) is 13.0 Å². The summed E-state index contributed by atoms with van der Waals surface area (Å²) in [5, 5.41) is 6.76. The number of benzene rings is 1. The van der Waals surface area contributed by atoms with Crippen LogP contribution in [-0.2, 0) is 4.79 Å². The van der Waals surface area contributed by atoms with Crippen molar-refractivity contribution in [2.45, 2.75) is 31.7 Å². The second-order valence-corrected chi connectivity index (χ2v) is 6.79. The highest BCUT2D eigenvalue weighted by Crippen LogP contribution is 2.20. The van der Waals surface area contributed by atoms with E-state index >= 15 is 0 Å². The highest BCUT2D eigenvalue weighted by atomic mass is 127. The number of nitrogens with zero attached hydrogens (tertiary/aromatic N) is 3. The third kappa shape index (κ3) is 5.84. The van der Waals surface area contributed by atoms with Crippen molar-refractivity contribution in [3.8, 4) is 0 Å². The zero-order valence-electron chi connectivity index (χ0n) is 15.5. The Morgan fingerprint density at radius 1 is 1.23 bits per heavy atom. The van der Waals surface area contributed by atoms with E-state index in [2.05, 4.69) is 20.5 Å². The standard InChI is InChI=1S/C19H29N5O.HI/c1-20-19(21-10-7-13-23-11-5-6-12-23)22-16-14-18(25)24(15-16)17-8-3-2-4-9-17;/h2-4,8-9,16H,5-7,10-15H2,1H3,(H2,20,21,22);1H. The number of hydrogen-bond acceptors (Lipinski definition) is 3. The summed E-state index contributed by atoms with van der Waals surface area (Å²) in [5.41, 5.74) is 0.963. The first-order valence-corrected chi connectivity index (χ1v) is 9.31. The van der Waals surface area contributed by atoms with Crippen LogP contribution in [0.2, 0.25) is 0 Å². The summed E-state index contributed by atoms with van der Waals surface area (Å²) in [6.07, 6.45) is 4.29. The number of carbonyl (C=O) groups is 1. The van der Waals surface area contributed by atoms with Gasteiger partial charge in [-0.25, -0.2) is 0 Å². The van der Waals surface area contributed by atoms with E-state index in [0.717, 1.165) is 31.2 Å². The van der Waals surface area contributed by atoms with Crippen molar-refractivity contribution < 1.29 is 4.79 Å². The first-order valence-electron chi connectivity index (χ1n) is 9.31. The van der Waals surface area contributed by atoms with Crippen LogP contribution in [-0.4, -0.2) is 62.6 Å². The molecule has 2 aliphatic rings. The molecule has 0 radical (unpaired) electrons. The molecule has 1 aromatic rings. The second-order valence-electron chi connectivity index (χ2n) is 6.79. The molecule has 2 N–H and O–H groups in total. The van der Waals surface area contributed by atoms with Gasteiger partial charge in [0.05, 0.1) is 6.04 Å². The van der Waals surface area contributed by atoms with Gasteiger partial charge in [-0.3, -0.25) is 9.79 Å². The van der Waals surface area contributed by atoms with Gasteiger partial charge in [0.1, 0.15) is 0 Å². The van der Waals surface area contributed by atoms with Crippen molar-refractivity contribution >= 4 is 41.5 Å². The molecule has 0 aliphatic carbocycles. The van der Waals surface area contributed by atoms with Gasteiger partial charge in [0.15, 0.2) is 5.96 Å². The van der Waals surface area contributed by atoms with E-state index in [1.165, 1.54) is 25.9 Å². The largest absolute Gasteiger partial charge is 0.356 e. The molecule has 26 heavy (non-hydrogen) atoms. The van der Waals surface area contributed by atoms with E-state index in [4.69, 9.17) is 0 Å². The lowest BCUT2D eigenvalue weighted by molar-refractivity contribution is -0.117. The topological polar surface area (TPSA) is 60.0 Å². The summed E-state index contributed by atoms with van der Waals surface area (Å²) in [6, 6.07) is 9.94. The van der Waals surface area contributed by atoms with Crippen LogP contribution < -0.4 is 15.5 Å². The smallest absolute Gasteiger partial charge is 0.229 e. The van der Waals surface area contributed by atoms with Crippen LogP contribution in [0.5, 0.6) is 0 Å². The van der Waals surface area contributed by atoms with Crippen LogP contribution in [0.15, 0.2) is 35.3 Å². The van der Waals surface area contributed by atoms with Gasteiger partial charge in [0.25, 0.3) is 0 Å². The van der Waals surface area contributed by atoms with Crippen molar-refractivity contribution in [2.24, 2.45) is 4.99 Å². The van der Waals surface area contributed by atoms with Crippen LogP contribution in [0.1, 0.15) is 25.7 Å². The number of likely N-dealkylation sites (tertiary alicyclic amines) is 1. The Balaban J connectivity index is 0.00000243. The van der Waals surface area contributed by atoms with Crippen molar-refractivity contribution in [1.29, 1.82) is 0 Å². The molecule has 144 valence electrons. The Bertz CT molecular complexity index is 589. The molecule has 1 aromatic carbocycles. The molecule has 0 aromatic heterocycles.